The van der Waals surface area contributed by atoms with Crippen molar-refractivity contribution >= 4 is 17.6 Å². The van der Waals surface area contributed by atoms with Gasteiger partial charge < -0.3 is 15.2 Å². The number of esters is 1. The number of carboxylic acid groups (broad SMARTS) is 1. The van der Waals surface area contributed by atoms with Crippen LogP contribution in [0.25, 0.3) is 0 Å². The van der Waals surface area contributed by atoms with E-state index in [0.717, 1.165) is 18.2 Å². The van der Waals surface area contributed by atoms with E-state index in [0.29, 0.717) is 0 Å². The lowest BCUT2D eigenvalue weighted by Crippen LogP contribution is -2.27. The smallest absolute Gasteiger partial charge is 0.335 e. The number of hydrogen-bond acceptors (Lipinski definition) is 4. The Hall–Kier alpha value is -2.11. The predicted molar refractivity (Wildman–Crippen MR) is 58.5 cm³/mol. The summed E-state index contributed by atoms with van der Waals surface area (Å²) in [7, 11) is 1.21. The van der Waals surface area contributed by atoms with Crippen LogP contribution in [0.4, 0.5) is 10.1 Å². The average molecular weight is 241 g/mol. The fourth-order valence-corrected chi connectivity index (χ4v) is 1.24. The quantitative estimate of drug-likeness (QED) is 0.781. The molecule has 1 rings (SSSR count). The van der Waals surface area contributed by atoms with Crippen LogP contribution in [0.1, 0.15) is 17.3 Å². The summed E-state index contributed by atoms with van der Waals surface area (Å²) in [6, 6.07) is 2.52. The number of benzene rings is 1. The van der Waals surface area contributed by atoms with Crippen molar-refractivity contribution in [2.24, 2.45) is 0 Å². The second-order valence-electron chi connectivity index (χ2n) is 3.39. The van der Waals surface area contributed by atoms with Gasteiger partial charge in [0.15, 0.2) is 0 Å². The summed E-state index contributed by atoms with van der Waals surface area (Å²) in [6.45, 7) is 1.48. The molecule has 1 unspecified atom stereocenters. The monoisotopic (exact) mass is 241 g/mol. The summed E-state index contributed by atoms with van der Waals surface area (Å²) in [5.41, 5.74) is -0.117. The Morgan fingerprint density at radius 1 is 1.47 bits per heavy atom. The number of rotatable bonds is 4. The highest BCUT2D eigenvalue weighted by Crippen LogP contribution is 2.17. The van der Waals surface area contributed by atoms with E-state index < -0.39 is 23.8 Å². The average Bonchev–Trinajstić information content (AvgIpc) is 2.30. The van der Waals surface area contributed by atoms with Gasteiger partial charge in [-0.15, -0.1) is 0 Å². The fourth-order valence-electron chi connectivity index (χ4n) is 1.24. The summed E-state index contributed by atoms with van der Waals surface area (Å²) in [5, 5.41) is 11.3. The van der Waals surface area contributed by atoms with Gasteiger partial charge in [0.2, 0.25) is 0 Å². The van der Waals surface area contributed by atoms with Gasteiger partial charge >= 0.3 is 11.9 Å². The van der Waals surface area contributed by atoms with Crippen molar-refractivity contribution in [2.45, 2.75) is 13.0 Å². The summed E-state index contributed by atoms with van der Waals surface area (Å²) < 4.78 is 17.8. The molecule has 6 heteroatoms. The van der Waals surface area contributed by atoms with Crippen LogP contribution in [0.2, 0.25) is 0 Å². The minimum atomic E-state index is -1.17. The van der Waals surface area contributed by atoms with Gasteiger partial charge in [-0.25, -0.2) is 14.0 Å². The molecule has 1 atom stereocenters. The molecule has 5 nitrogen and oxygen atoms in total. The predicted octanol–water partition coefficient (Wildman–Crippen LogP) is 1.50. The molecule has 1 aromatic carbocycles. The Labute approximate surface area is 97.2 Å². The lowest BCUT2D eigenvalue weighted by Gasteiger charge is -2.13. The molecular formula is C11H12FNO4. The van der Waals surface area contributed by atoms with Crippen molar-refractivity contribution in [3.05, 3.63) is 29.6 Å². The molecule has 0 bridgehead atoms. The molecule has 0 amide bonds. The maximum atomic E-state index is 13.4. The van der Waals surface area contributed by atoms with Crippen LogP contribution >= 0.6 is 0 Å². The number of aromatic carboxylic acids is 1. The normalized spacial score (nSPS) is 11.7. The molecular weight excluding hydrogens is 229 g/mol. The third-order valence-electron chi connectivity index (χ3n) is 2.14. The Balaban J connectivity index is 2.93. The Morgan fingerprint density at radius 2 is 2.12 bits per heavy atom. The van der Waals surface area contributed by atoms with Crippen LogP contribution in [-0.4, -0.2) is 30.2 Å². The number of nitrogens with one attached hydrogen (secondary N) is 1. The zero-order valence-electron chi connectivity index (χ0n) is 9.36. The molecule has 92 valence electrons. The molecule has 2 N–H and O–H groups in total. The van der Waals surface area contributed by atoms with Crippen molar-refractivity contribution in [3.8, 4) is 0 Å². The number of carboxylic acids is 1. The number of carbonyl (C=O) groups excluding carboxylic acids is 1. The minimum Gasteiger partial charge on any atom is -0.478 e. The van der Waals surface area contributed by atoms with E-state index in [4.69, 9.17) is 5.11 Å². The number of methoxy groups -OCH3 is 1. The Kier molecular flexibility index (Phi) is 4.03. The highest BCUT2D eigenvalue weighted by atomic mass is 19.1. The van der Waals surface area contributed by atoms with E-state index in [-0.39, 0.29) is 11.3 Å². The van der Waals surface area contributed by atoms with E-state index in [1.165, 1.54) is 14.0 Å². The van der Waals surface area contributed by atoms with E-state index in [1.807, 2.05) is 0 Å². The SMILES string of the molecule is COC(=O)C(C)Nc1cc(C(=O)O)ccc1F. The second kappa shape index (κ2) is 5.29. The standard InChI is InChI=1S/C11H12FNO4/c1-6(11(16)17-2)13-9-5-7(10(14)15)3-4-8(9)12/h3-6,13H,1-2H3,(H,14,15). The lowest BCUT2D eigenvalue weighted by atomic mass is 10.2. The van der Waals surface area contributed by atoms with Gasteiger partial charge in [0.25, 0.3) is 0 Å². The number of ether oxygens (including phenoxy) is 1. The van der Waals surface area contributed by atoms with Crippen LogP contribution in [-0.2, 0) is 9.53 Å². The van der Waals surface area contributed by atoms with Crippen molar-refractivity contribution in [1.82, 2.24) is 0 Å². The van der Waals surface area contributed by atoms with Crippen LogP contribution in [0.5, 0.6) is 0 Å². The number of anilines is 1. The van der Waals surface area contributed by atoms with Crippen LogP contribution in [0, 0.1) is 5.82 Å². The van der Waals surface area contributed by atoms with E-state index in [1.54, 1.807) is 0 Å². The Bertz CT molecular complexity index is 447. The third-order valence-corrected chi connectivity index (χ3v) is 2.14. The van der Waals surface area contributed by atoms with Crippen LogP contribution in [0.3, 0.4) is 0 Å². The topological polar surface area (TPSA) is 75.6 Å². The van der Waals surface area contributed by atoms with Gasteiger partial charge in [0.1, 0.15) is 11.9 Å². The molecule has 0 heterocycles. The van der Waals surface area contributed by atoms with Crippen molar-refractivity contribution in [3.63, 3.8) is 0 Å². The van der Waals surface area contributed by atoms with E-state index in [2.05, 4.69) is 10.1 Å². The summed E-state index contributed by atoms with van der Waals surface area (Å²) >= 11 is 0. The molecule has 0 spiro atoms. The van der Waals surface area contributed by atoms with Gasteiger partial charge in [-0.1, -0.05) is 0 Å². The molecule has 0 aliphatic rings. The molecule has 0 radical (unpaired) electrons. The summed E-state index contributed by atoms with van der Waals surface area (Å²) in [6.07, 6.45) is 0. The first-order valence-corrected chi connectivity index (χ1v) is 4.83. The van der Waals surface area contributed by atoms with Gasteiger partial charge in [-0.2, -0.15) is 0 Å². The van der Waals surface area contributed by atoms with Gasteiger partial charge in [0.05, 0.1) is 18.4 Å². The molecule has 0 aliphatic heterocycles. The van der Waals surface area contributed by atoms with Gasteiger partial charge in [0, 0.05) is 0 Å². The molecule has 1 aromatic rings. The zero-order chi connectivity index (χ0) is 13.0. The largest absolute Gasteiger partial charge is 0.478 e. The van der Waals surface area contributed by atoms with Crippen molar-refractivity contribution in [1.29, 1.82) is 0 Å². The van der Waals surface area contributed by atoms with Crippen molar-refractivity contribution < 1.29 is 23.8 Å². The Morgan fingerprint density at radius 3 is 2.65 bits per heavy atom. The maximum Gasteiger partial charge on any atom is 0.335 e. The van der Waals surface area contributed by atoms with E-state index in [9.17, 15) is 14.0 Å². The number of carbonyl (C=O) groups is 2. The first kappa shape index (κ1) is 13.0. The van der Waals surface area contributed by atoms with Crippen molar-refractivity contribution in [2.75, 3.05) is 12.4 Å². The lowest BCUT2D eigenvalue weighted by molar-refractivity contribution is -0.141. The zero-order valence-corrected chi connectivity index (χ0v) is 9.36. The first-order valence-electron chi connectivity index (χ1n) is 4.83. The van der Waals surface area contributed by atoms with Crippen LogP contribution in [0.15, 0.2) is 18.2 Å². The summed E-state index contributed by atoms with van der Waals surface area (Å²) in [4.78, 5) is 21.8. The highest BCUT2D eigenvalue weighted by molar-refractivity contribution is 5.89. The molecule has 0 saturated carbocycles. The number of hydrogen-bond donors (Lipinski definition) is 2. The molecule has 0 aromatic heterocycles. The highest BCUT2D eigenvalue weighted by Gasteiger charge is 2.15. The van der Waals surface area contributed by atoms with E-state index >= 15 is 0 Å². The maximum absolute atomic E-state index is 13.4. The van der Waals surface area contributed by atoms with Gasteiger partial charge in [-0.05, 0) is 25.1 Å². The fraction of sp³-hybridized carbons (Fsp3) is 0.273. The molecule has 0 fully saturated rings. The van der Waals surface area contributed by atoms with Crippen LogP contribution < -0.4 is 5.32 Å². The third kappa shape index (κ3) is 3.17. The molecule has 0 aliphatic carbocycles. The first-order chi connectivity index (χ1) is 7.95. The van der Waals surface area contributed by atoms with Gasteiger partial charge in [-0.3, -0.25) is 0 Å². The molecule has 0 saturated heterocycles. The minimum absolute atomic E-state index is 0.0530. The number of halogens is 1. The summed E-state index contributed by atoms with van der Waals surface area (Å²) in [5.74, 6) is -2.37. The molecule has 17 heavy (non-hydrogen) atoms. The second-order valence-corrected chi connectivity index (χ2v) is 3.39.